The smallest absolute Gasteiger partial charge is 0.343 e. The number of benzene rings is 2. The van der Waals surface area contributed by atoms with Crippen LogP contribution in [0.3, 0.4) is 0 Å². The van der Waals surface area contributed by atoms with Gasteiger partial charge in [-0.2, -0.15) is 0 Å². The number of aliphatic imine (C=N–C) groups is 1. The lowest BCUT2D eigenvalue weighted by atomic mass is 9.83. The second-order valence-electron chi connectivity index (χ2n) is 9.89. The molecule has 4 aromatic rings. The van der Waals surface area contributed by atoms with E-state index in [0.29, 0.717) is 23.6 Å². The third-order valence-electron chi connectivity index (χ3n) is 7.50. The molecule has 0 bridgehead atoms. The molecule has 4 heterocycles. The number of carbonyl (C=O) groups is 1. The Balaban J connectivity index is 1.51. The summed E-state index contributed by atoms with van der Waals surface area (Å²) in [6, 6.07) is 19.1. The summed E-state index contributed by atoms with van der Waals surface area (Å²) < 4.78 is 7.22. The quantitative estimate of drug-likeness (QED) is 0.208. The van der Waals surface area contributed by atoms with Crippen molar-refractivity contribution in [3.8, 4) is 11.4 Å². The predicted octanol–water partition coefficient (Wildman–Crippen LogP) is 4.26. The Morgan fingerprint density at radius 3 is 2.66 bits per heavy atom. The molecule has 6 rings (SSSR count). The van der Waals surface area contributed by atoms with Gasteiger partial charge in [0.05, 0.1) is 34.7 Å². The zero-order valence-electron chi connectivity index (χ0n) is 21.3. The summed E-state index contributed by atoms with van der Waals surface area (Å²) in [6.07, 6.45) is 0.796. The molecule has 8 nitrogen and oxygen atoms in total. The first-order valence-electron chi connectivity index (χ1n) is 12.9. The molecule has 3 N–H and O–H groups in total. The molecule has 0 fully saturated rings. The number of ether oxygens (including phenoxy) is 1. The molecule has 2 atom stereocenters. The molecule has 2 aliphatic rings. The summed E-state index contributed by atoms with van der Waals surface area (Å²) >= 11 is 0. The Morgan fingerprint density at radius 1 is 1.16 bits per heavy atom. The summed E-state index contributed by atoms with van der Waals surface area (Å²) in [7, 11) is 0. The summed E-state index contributed by atoms with van der Waals surface area (Å²) in [4.78, 5) is 36.4. The number of esters is 1. The van der Waals surface area contributed by atoms with E-state index in [0.717, 1.165) is 29.3 Å². The van der Waals surface area contributed by atoms with E-state index < -0.39 is 17.7 Å². The second kappa shape index (κ2) is 8.92. The Hall–Kier alpha value is -4.30. The molecule has 0 amide bonds. The number of rotatable bonds is 5. The van der Waals surface area contributed by atoms with Crippen molar-refractivity contribution >= 4 is 28.4 Å². The molecule has 2 aromatic carbocycles. The molecular weight excluding hydrogens is 480 g/mol. The van der Waals surface area contributed by atoms with Crippen LogP contribution in [0.15, 0.2) is 70.5 Å². The molecule has 192 valence electrons. The fourth-order valence-corrected chi connectivity index (χ4v) is 5.43. The highest BCUT2D eigenvalue weighted by atomic mass is 16.6. The lowest BCUT2D eigenvalue weighted by Crippen LogP contribution is -2.48. The minimum Gasteiger partial charge on any atom is -0.447 e. The first kappa shape index (κ1) is 24.1. The van der Waals surface area contributed by atoms with Gasteiger partial charge in [0, 0.05) is 16.5 Å². The van der Waals surface area contributed by atoms with Crippen molar-refractivity contribution in [3.05, 3.63) is 93.3 Å². The van der Waals surface area contributed by atoms with Crippen molar-refractivity contribution in [1.29, 1.82) is 0 Å². The minimum atomic E-state index is -1.98. The van der Waals surface area contributed by atoms with Gasteiger partial charge in [0.25, 0.3) is 5.56 Å². The predicted molar refractivity (Wildman–Crippen MR) is 145 cm³/mol. The molecule has 1 unspecified atom stereocenters. The highest BCUT2D eigenvalue weighted by molar-refractivity contribution is 5.95. The van der Waals surface area contributed by atoms with E-state index in [1.165, 1.54) is 5.56 Å². The minimum absolute atomic E-state index is 0.0296. The van der Waals surface area contributed by atoms with Gasteiger partial charge < -0.3 is 20.1 Å². The number of carbonyl (C=O) groups excluding carboxylic acids is 1. The van der Waals surface area contributed by atoms with Crippen molar-refractivity contribution in [3.63, 3.8) is 0 Å². The van der Waals surface area contributed by atoms with Crippen LogP contribution in [0.2, 0.25) is 0 Å². The fraction of sp³-hybridized carbons (Fsp3) is 0.267. The number of aromatic nitrogens is 2. The number of nitrogens with zero attached hydrogens (tertiary/aromatic N) is 3. The number of aryl methyl sites for hydroxylation is 1. The number of pyridine rings is 2. The largest absolute Gasteiger partial charge is 0.447 e. The molecule has 0 saturated carbocycles. The monoisotopic (exact) mass is 508 g/mol. The van der Waals surface area contributed by atoms with Crippen molar-refractivity contribution in [2.45, 2.75) is 51.4 Å². The third kappa shape index (κ3) is 3.63. The Labute approximate surface area is 219 Å². The maximum Gasteiger partial charge on any atom is 0.343 e. The van der Waals surface area contributed by atoms with Gasteiger partial charge in [0.15, 0.2) is 11.7 Å². The first-order chi connectivity index (χ1) is 18.3. The van der Waals surface area contributed by atoms with Crippen molar-refractivity contribution in [1.82, 2.24) is 9.55 Å². The van der Waals surface area contributed by atoms with Gasteiger partial charge in [0.2, 0.25) is 0 Å². The molecule has 38 heavy (non-hydrogen) atoms. The van der Waals surface area contributed by atoms with Crippen LogP contribution in [0.5, 0.6) is 0 Å². The molecule has 0 aliphatic carbocycles. The van der Waals surface area contributed by atoms with Crippen LogP contribution in [0.1, 0.15) is 55.0 Å². The van der Waals surface area contributed by atoms with Crippen LogP contribution >= 0.6 is 0 Å². The highest BCUT2D eigenvalue weighted by Gasteiger charge is 2.50. The van der Waals surface area contributed by atoms with Crippen molar-refractivity contribution in [2.24, 2.45) is 10.7 Å². The topological polar surface area (TPSA) is 120 Å². The summed E-state index contributed by atoms with van der Waals surface area (Å²) in [5, 5.41) is 12.4. The Kier molecular flexibility index (Phi) is 5.65. The van der Waals surface area contributed by atoms with Gasteiger partial charge >= 0.3 is 5.97 Å². The molecular formula is C30H28N4O4. The fourth-order valence-electron chi connectivity index (χ4n) is 5.43. The Morgan fingerprint density at radius 2 is 1.92 bits per heavy atom. The van der Waals surface area contributed by atoms with Crippen LogP contribution < -0.4 is 11.3 Å². The van der Waals surface area contributed by atoms with Crippen LogP contribution in [0.25, 0.3) is 22.3 Å². The van der Waals surface area contributed by atoms with Gasteiger partial charge in [-0.3, -0.25) is 4.79 Å². The van der Waals surface area contributed by atoms with Gasteiger partial charge in [0.1, 0.15) is 5.84 Å². The van der Waals surface area contributed by atoms with E-state index in [4.69, 9.17) is 15.5 Å². The van der Waals surface area contributed by atoms with E-state index in [9.17, 15) is 14.7 Å². The molecule has 2 aromatic heterocycles. The van der Waals surface area contributed by atoms with E-state index >= 15 is 0 Å². The molecule has 0 saturated heterocycles. The van der Waals surface area contributed by atoms with Crippen LogP contribution in [0, 0.1) is 0 Å². The molecule has 8 heteroatoms. The molecule has 2 aliphatic heterocycles. The van der Waals surface area contributed by atoms with E-state index in [1.807, 2.05) is 54.6 Å². The SMILES string of the molecule is CCCc1ccc(N=C(N)C2OC(=O)[C@](O)(CC)c3cc4n(c(=O)c32)Cc2cc3ccccc3nc2-4)cc1. The van der Waals surface area contributed by atoms with Crippen LogP contribution in [-0.2, 0) is 28.1 Å². The van der Waals surface area contributed by atoms with Gasteiger partial charge in [-0.25, -0.2) is 14.8 Å². The number of nitrogens with two attached hydrogens (primary N) is 1. The number of cyclic esters (lactones) is 1. The lowest BCUT2D eigenvalue weighted by molar-refractivity contribution is -0.174. The van der Waals surface area contributed by atoms with E-state index in [1.54, 1.807) is 17.6 Å². The summed E-state index contributed by atoms with van der Waals surface area (Å²) in [5.41, 5.74) is 8.99. The number of para-hydroxylation sites is 1. The number of hydrogen-bond donors (Lipinski definition) is 2. The van der Waals surface area contributed by atoms with Gasteiger partial charge in [-0.15, -0.1) is 0 Å². The second-order valence-corrected chi connectivity index (χ2v) is 9.89. The highest BCUT2D eigenvalue weighted by Crippen LogP contribution is 2.42. The van der Waals surface area contributed by atoms with Crippen LogP contribution in [0.4, 0.5) is 5.69 Å². The standard InChI is InChI=1S/C30H28N4O4/c1-3-7-17-10-12-20(13-11-17)32-27(31)26-24-21(30(37,4-2)29(36)38-26)15-23-25-19(16-34(23)28(24)35)14-18-8-5-6-9-22(18)33-25/h5-6,8-15,26,37H,3-4,7,16H2,1-2H3,(H2,31,32)/t26?,30-/m0/s1. The average molecular weight is 509 g/mol. The zero-order chi connectivity index (χ0) is 26.6. The summed E-state index contributed by atoms with van der Waals surface area (Å²) in [6.45, 7) is 4.10. The van der Waals surface area contributed by atoms with Crippen molar-refractivity contribution < 1.29 is 14.6 Å². The third-order valence-corrected chi connectivity index (χ3v) is 7.50. The maximum atomic E-state index is 14.0. The summed E-state index contributed by atoms with van der Waals surface area (Å²) in [5.74, 6) is -0.888. The van der Waals surface area contributed by atoms with E-state index in [2.05, 4.69) is 11.9 Å². The van der Waals surface area contributed by atoms with E-state index in [-0.39, 0.29) is 28.9 Å². The number of aliphatic hydroxyl groups is 1. The van der Waals surface area contributed by atoms with Crippen molar-refractivity contribution in [2.75, 3.05) is 0 Å². The molecule has 0 spiro atoms. The number of hydrogen-bond acceptors (Lipinski definition) is 6. The normalized spacial score (nSPS) is 20.1. The van der Waals surface area contributed by atoms with Gasteiger partial charge in [-0.05, 0) is 48.7 Å². The zero-order valence-corrected chi connectivity index (χ0v) is 21.3. The van der Waals surface area contributed by atoms with Gasteiger partial charge in [-0.1, -0.05) is 50.6 Å². The number of fused-ring (bicyclic) bond motifs is 5. The molecule has 0 radical (unpaired) electrons. The maximum absolute atomic E-state index is 14.0. The number of amidine groups is 1. The Bertz CT molecular complexity index is 1690. The lowest BCUT2D eigenvalue weighted by Gasteiger charge is -2.35. The first-order valence-corrected chi connectivity index (χ1v) is 12.9. The average Bonchev–Trinajstić information content (AvgIpc) is 3.28. The van der Waals surface area contributed by atoms with Crippen LogP contribution in [-0.4, -0.2) is 26.5 Å².